The largest absolute Gasteiger partial charge is 0.398 e. The zero-order valence-electron chi connectivity index (χ0n) is 10.6. The highest BCUT2D eigenvalue weighted by molar-refractivity contribution is 5.99. The average molecular weight is 233 g/mol. The number of likely N-dealkylation sites (tertiary alicyclic amines) is 1. The summed E-state index contributed by atoms with van der Waals surface area (Å²) in [6.07, 6.45) is 1.58. The number of amides is 1. The van der Waals surface area contributed by atoms with Crippen LogP contribution in [0.15, 0.2) is 12.3 Å². The molecule has 92 valence electrons. The second-order valence-corrected chi connectivity index (χ2v) is 5.08. The molecule has 2 atom stereocenters. The van der Waals surface area contributed by atoms with Crippen LogP contribution < -0.4 is 5.73 Å². The maximum absolute atomic E-state index is 12.3. The molecular weight excluding hydrogens is 214 g/mol. The van der Waals surface area contributed by atoms with Crippen LogP contribution in [-0.4, -0.2) is 28.9 Å². The van der Waals surface area contributed by atoms with Crippen molar-refractivity contribution in [2.24, 2.45) is 11.8 Å². The summed E-state index contributed by atoms with van der Waals surface area (Å²) in [6, 6.07) is 1.75. The third-order valence-corrected chi connectivity index (χ3v) is 3.58. The molecule has 1 aromatic heterocycles. The van der Waals surface area contributed by atoms with Crippen LogP contribution in [0.25, 0.3) is 0 Å². The molecule has 0 saturated carbocycles. The van der Waals surface area contributed by atoms with Gasteiger partial charge in [0.15, 0.2) is 0 Å². The van der Waals surface area contributed by atoms with Crippen molar-refractivity contribution >= 4 is 11.6 Å². The highest BCUT2D eigenvalue weighted by Crippen LogP contribution is 2.25. The molecule has 1 fully saturated rings. The predicted molar refractivity (Wildman–Crippen MR) is 67.6 cm³/mol. The Bertz CT molecular complexity index is 434. The number of hydrogen-bond acceptors (Lipinski definition) is 3. The number of aromatic nitrogens is 1. The third kappa shape index (κ3) is 2.25. The molecule has 0 aliphatic carbocycles. The minimum atomic E-state index is 0.00574. The SMILES string of the molecule is Cc1cc(N)c(C(=O)N2CC(C)C(C)C2)cn1. The molecule has 4 nitrogen and oxygen atoms in total. The van der Waals surface area contributed by atoms with E-state index < -0.39 is 0 Å². The summed E-state index contributed by atoms with van der Waals surface area (Å²) in [4.78, 5) is 18.3. The Balaban J connectivity index is 2.20. The minimum absolute atomic E-state index is 0.00574. The Morgan fingerprint density at radius 2 is 2.00 bits per heavy atom. The average Bonchev–Trinajstić information content (AvgIpc) is 2.58. The summed E-state index contributed by atoms with van der Waals surface area (Å²) in [5.41, 5.74) is 7.75. The van der Waals surface area contributed by atoms with Gasteiger partial charge < -0.3 is 10.6 Å². The summed E-state index contributed by atoms with van der Waals surface area (Å²) in [5.74, 6) is 1.11. The fourth-order valence-corrected chi connectivity index (χ4v) is 2.23. The number of nitrogen functional groups attached to an aromatic ring is 1. The summed E-state index contributed by atoms with van der Waals surface area (Å²) >= 11 is 0. The van der Waals surface area contributed by atoms with Crippen molar-refractivity contribution < 1.29 is 4.79 Å². The Morgan fingerprint density at radius 3 is 2.53 bits per heavy atom. The molecule has 0 aromatic carbocycles. The normalized spacial score (nSPS) is 24.1. The van der Waals surface area contributed by atoms with Gasteiger partial charge in [-0.25, -0.2) is 0 Å². The second-order valence-electron chi connectivity index (χ2n) is 5.08. The number of hydrogen-bond donors (Lipinski definition) is 1. The Labute approximate surface area is 102 Å². The Kier molecular flexibility index (Phi) is 3.05. The van der Waals surface area contributed by atoms with Crippen LogP contribution in [0.2, 0.25) is 0 Å². The number of pyridine rings is 1. The molecular formula is C13H19N3O. The summed E-state index contributed by atoms with van der Waals surface area (Å²) in [6.45, 7) is 7.84. The zero-order chi connectivity index (χ0) is 12.6. The van der Waals surface area contributed by atoms with Gasteiger partial charge in [-0.05, 0) is 24.8 Å². The number of rotatable bonds is 1. The molecule has 4 heteroatoms. The van der Waals surface area contributed by atoms with E-state index in [-0.39, 0.29) is 5.91 Å². The summed E-state index contributed by atoms with van der Waals surface area (Å²) in [7, 11) is 0. The van der Waals surface area contributed by atoms with Crippen LogP contribution >= 0.6 is 0 Å². The lowest BCUT2D eigenvalue weighted by Gasteiger charge is -2.17. The quantitative estimate of drug-likeness (QED) is 0.803. The van der Waals surface area contributed by atoms with Gasteiger partial charge in [-0.1, -0.05) is 13.8 Å². The van der Waals surface area contributed by atoms with Crippen molar-refractivity contribution in [2.45, 2.75) is 20.8 Å². The van der Waals surface area contributed by atoms with Gasteiger partial charge in [0.05, 0.1) is 5.56 Å². The molecule has 1 aromatic rings. The van der Waals surface area contributed by atoms with E-state index >= 15 is 0 Å². The maximum atomic E-state index is 12.3. The van der Waals surface area contributed by atoms with Crippen molar-refractivity contribution in [3.05, 3.63) is 23.5 Å². The Hall–Kier alpha value is -1.58. The van der Waals surface area contributed by atoms with Gasteiger partial charge in [-0.3, -0.25) is 9.78 Å². The number of nitrogens with zero attached hydrogens (tertiary/aromatic N) is 2. The number of carbonyl (C=O) groups is 1. The first kappa shape index (κ1) is 11.9. The number of carbonyl (C=O) groups excluding carboxylic acids is 1. The van der Waals surface area contributed by atoms with E-state index in [2.05, 4.69) is 18.8 Å². The third-order valence-electron chi connectivity index (χ3n) is 3.58. The molecule has 2 N–H and O–H groups in total. The molecule has 0 radical (unpaired) electrons. The first-order valence-corrected chi connectivity index (χ1v) is 6.00. The first-order chi connectivity index (χ1) is 7.99. The van der Waals surface area contributed by atoms with Crippen molar-refractivity contribution in [2.75, 3.05) is 18.8 Å². The molecule has 1 aliphatic rings. The molecule has 1 aliphatic heterocycles. The van der Waals surface area contributed by atoms with E-state index in [4.69, 9.17) is 5.73 Å². The highest BCUT2D eigenvalue weighted by atomic mass is 16.2. The van der Waals surface area contributed by atoms with Crippen LogP contribution in [0.1, 0.15) is 29.9 Å². The first-order valence-electron chi connectivity index (χ1n) is 6.00. The van der Waals surface area contributed by atoms with E-state index in [0.29, 0.717) is 23.1 Å². The fourth-order valence-electron chi connectivity index (χ4n) is 2.23. The van der Waals surface area contributed by atoms with E-state index in [1.54, 1.807) is 12.3 Å². The number of anilines is 1. The van der Waals surface area contributed by atoms with Crippen LogP contribution in [0.5, 0.6) is 0 Å². The zero-order valence-corrected chi connectivity index (χ0v) is 10.6. The fraction of sp³-hybridized carbons (Fsp3) is 0.538. The Morgan fingerprint density at radius 1 is 1.41 bits per heavy atom. The molecule has 1 saturated heterocycles. The molecule has 1 amide bonds. The van der Waals surface area contributed by atoms with Gasteiger partial charge in [-0.2, -0.15) is 0 Å². The lowest BCUT2D eigenvalue weighted by molar-refractivity contribution is 0.0785. The van der Waals surface area contributed by atoms with E-state index in [0.717, 1.165) is 18.8 Å². The van der Waals surface area contributed by atoms with Gasteiger partial charge >= 0.3 is 0 Å². The van der Waals surface area contributed by atoms with E-state index in [9.17, 15) is 4.79 Å². The summed E-state index contributed by atoms with van der Waals surface area (Å²) in [5, 5.41) is 0. The van der Waals surface area contributed by atoms with Crippen molar-refractivity contribution in [1.82, 2.24) is 9.88 Å². The van der Waals surface area contributed by atoms with Crippen molar-refractivity contribution in [1.29, 1.82) is 0 Å². The molecule has 2 rings (SSSR count). The van der Waals surface area contributed by atoms with Crippen molar-refractivity contribution in [3.8, 4) is 0 Å². The van der Waals surface area contributed by atoms with Crippen LogP contribution in [0.4, 0.5) is 5.69 Å². The smallest absolute Gasteiger partial charge is 0.257 e. The molecule has 0 bridgehead atoms. The number of aryl methyl sites for hydroxylation is 1. The lowest BCUT2D eigenvalue weighted by Crippen LogP contribution is -2.29. The maximum Gasteiger partial charge on any atom is 0.257 e. The van der Waals surface area contributed by atoms with E-state index in [1.807, 2.05) is 11.8 Å². The van der Waals surface area contributed by atoms with Gasteiger partial charge in [0, 0.05) is 30.7 Å². The molecule has 2 unspecified atom stereocenters. The van der Waals surface area contributed by atoms with Crippen LogP contribution in [-0.2, 0) is 0 Å². The lowest BCUT2D eigenvalue weighted by atomic mass is 10.0. The van der Waals surface area contributed by atoms with Gasteiger partial charge in [0.25, 0.3) is 5.91 Å². The molecule has 17 heavy (non-hydrogen) atoms. The standard InChI is InChI=1S/C13H19N3O/c1-8-6-16(7-9(8)2)13(17)11-5-15-10(3)4-12(11)14/h4-5,8-9H,6-7H2,1-3H3,(H2,14,15). The van der Waals surface area contributed by atoms with Crippen LogP contribution in [0, 0.1) is 18.8 Å². The summed E-state index contributed by atoms with van der Waals surface area (Å²) < 4.78 is 0. The van der Waals surface area contributed by atoms with Crippen LogP contribution in [0.3, 0.4) is 0 Å². The number of nitrogens with two attached hydrogens (primary N) is 1. The second kappa shape index (κ2) is 4.35. The highest BCUT2D eigenvalue weighted by Gasteiger charge is 2.30. The van der Waals surface area contributed by atoms with Crippen molar-refractivity contribution in [3.63, 3.8) is 0 Å². The molecule has 2 heterocycles. The molecule has 0 spiro atoms. The monoisotopic (exact) mass is 233 g/mol. The topological polar surface area (TPSA) is 59.2 Å². The van der Waals surface area contributed by atoms with Gasteiger partial charge in [-0.15, -0.1) is 0 Å². The van der Waals surface area contributed by atoms with Gasteiger partial charge in [0.2, 0.25) is 0 Å². The minimum Gasteiger partial charge on any atom is -0.398 e. The van der Waals surface area contributed by atoms with Gasteiger partial charge in [0.1, 0.15) is 0 Å². The predicted octanol–water partition coefficient (Wildman–Crippen LogP) is 1.70. The van der Waals surface area contributed by atoms with E-state index in [1.165, 1.54) is 0 Å².